The number of piperazine rings is 1. The molecule has 0 bridgehead atoms. The summed E-state index contributed by atoms with van der Waals surface area (Å²) in [5.41, 5.74) is 1.51. The molecule has 0 amide bonds. The summed E-state index contributed by atoms with van der Waals surface area (Å²) in [6.45, 7) is 3.35. The van der Waals surface area contributed by atoms with Crippen LogP contribution in [0.5, 0.6) is 5.75 Å². The van der Waals surface area contributed by atoms with Crippen LogP contribution in [0, 0.1) is 11.3 Å². The second-order valence-corrected chi connectivity index (χ2v) is 5.00. The average Bonchev–Trinajstić information content (AvgIpc) is 2.62. The molecule has 0 aliphatic carbocycles. The largest absolute Gasteiger partial charge is 0.495 e. The van der Waals surface area contributed by atoms with E-state index in [9.17, 15) is 0 Å². The van der Waals surface area contributed by atoms with E-state index in [-0.39, 0.29) is 0 Å². The van der Waals surface area contributed by atoms with Crippen molar-refractivity contribution in [1.29, 1.82) is 5.26 Å². The molecule has 6 nitrogen and oxygen atoms in total. The molecule has 1 aliphatic rings. The third kappa shape index (κ3) is 2.79. The maximum Gasteiger partial charge on any atom is 0.226 e. The Morgan fingerprint density at radius 2 is 1.82 bits per heavy atom. The van der Waals surface area contributed by atoms with Gasteiger partial charge in [-0.2, -0.15) is 5.26 Å². The Labute approximate surface area is 129 Å². The number of methoxy groups -OCH3 is 1. The molecule has 1 aliphatic heterocycles. The van der Waals surface area contributed by atoms with E-state index >= 15 is 0 Å². The lowest BCUT2D eigenvalue weighted by Gasteiger charge is -2.36. The molecule has 1 fully saturated rings. The van der Waals surface area contributed by atoms with Crippen LogP contribution >= 0.6 is 0 Å². The maximum atomic E-state index is 8.93. The predicted molar refractivity (Wildman–Crippen MR) is 84.2 cm³/mol. The number of anilines is 2. The Bertz CT molecular complexity index is 689. The lowest BCUT2D eigenvalue weighted by Crippen LogP contribution is -2.47. The van der Waals surface area contributed by atoms with Gasteiger partial charge in [0.1, 0.15) is 17.5 Å². The van der Waals surface area contributed by atoms with Crippen LogP contribution in [0.1, 0.15) is 5.69 Å². The fourth-order valence-corrected chi connectivity index (χ4v) is 2.60. The summed E-state index contributed by atoms with van der Waals surface area (Å²) in [4.78, 5) is 12.9. The third-order valence-corrected chi connectivity index (χ3v) is 3.75. The van der Waals surface area contributed by atoms with Gasteiger partial charge in [0.2, 0.25) is 5.95 Å². The van der Waals surface area contributed by atoms with Gasteiger partial charge >= 0.3 is 0 Å². The molecule has 1 saturated heterocycles. The molecule has 22 heavy (non-hydrogen) atoms. The van der Waals surface area contributed by atoms with Crippen molar-refractivity contribution in [2.45, 2.75) is 0 Å². The number of hydrogen-bond acceptors (Lipinski definition) is 6. The molecule has 0 radical (unpaired) electrons. The topological polar surface area (TPSA) is 65.3 Å². The fraction of sp³-hybridized carbons (Fsp3) is 0.312. The van der Waals surface area contributed by atoms with E-state index in [2.05, 4.69) is 31.9 Å². The van der Waals surface area contributed by atoms with Gasteiger partial charge in [0.05, 0.1) is 12.8 Å². The monoisotopic (exact) mass is 295 g/mol. The first-order chi connectivity index (χ1) is 10.8. The van der Waals surface area contributed by atoms with Gasteiger partial charge in [-0.05, 0) is 18.2 Å². The number of rotatable bonds is 3. The maximum absolute atomic E-state index is 8.93. The Morgan fingerprint density at radius 1 is 1.09 bits per heavy atom. The Balaban J connectivity index is 1.71. The van der Waals surface area contributed by atoms with Crippen LogP contribution in [0.15, 0.2) is 36.5 Å². The minimum atomic E-state index is 0.400. The summed E-state index contributed by atoms with van der Waals surface area (Å²) in [6.07, 6.45) is 1.63. The van der Waals surface area contributed by atoms with Gasteiger partial charge in [-0.25, -0.2) is 9.97 Å². The smallest absolute Gasteiger partial charge is 0.226 e. The molecule has 0 spiro atoms. The summed E-state index contributed by atoms with van der Waals surface area (Å²) in [5.74, 6) is 1.51. The van der Waals surface area contributed by atoms with Gasteiger partial charge in [0.25, 0.3) is 0 Å². The highest BCUT2D eigenvalue weighted by Crippen LogP contribution is 2.28. The van der Waals surface area contributed by atoms with Gasteiger partial charge in [-0.1, -0.05) is 12.1 Å². The summed E-state index contributed by atoms with van der Waals surface area (Å²) < 4.78 is 5.42. The average molecular weight is 295 g/mol. The first-order valence-electron chi connectivity index (χ1n) is 7.18. The van der Waals surface area contributed by atoms with E-state index in [1.807, 2.05) is 18.2 Å². The molecule has 2 heterocycles. The van der Waals surface area contributed by atoms with E-state index in [4.69, 9.17) is 10.00 Å². The van der Waals surface area contributed by atoms with Crippen LogP contribution in [-0.4, -0.2) is 43.3 Å². The molecule has 0 N–H and O–H groups in total. The number of ether oxygens (including phenoxy) is 1. The zero-order chi connectivity index (χ0) is 15.4. The molecule has 1 aromatic heterocycles. The quantitative estimate of drug-likeness (QED) is 0.858. The van der Waals surface area contributed by atoms with Crippen LogP contribution in [0.2, 0.25) is 0 Å². The normalized spacial score (nSPS) is 14.5. The van der Waals surface area contributed by atoms with Crippen molar-refractivity contribution < 1.29 is 4.74 Å². The highest BCUT2D eigenvalue weighted by atomic mass is 16.5. The highest BCUT2D eigenvalue weighted by Gasteiger charge is 2.21. The van der Waals surface area contributed by atoms with Gasteiger partial charge < -0.3 is 14.5 Å². The van der Waals surface area contributed by atoms with Crippen LogP contribution in [0.4, 0.5) is 11.6 Å². The number of nitriles is 1. The standard InChI is InChI=1S/C16H17N5O/c1-22-15-5-3-2-4-14(15)20-8-10-21(11-9-20)16-18-7-6-13(12-17)19-16/h2-7H,8-11H2,1H3. The SMILES string of the molecule is COc1ccccc1N1CCN(c2nccc(C#N)n2)CC1. The molecule has 0 atom stereocenters. The zero-order valence-corrected chi connectivity index (χ0v) is 12.4. The van der Waals surface area contributed by atoms with Gasteiger partial charge in [0.15, 0.2) is 0 Å². The van der Waals surface area contributed by atoms with Crippen molar-refractivity contribution in [2.75, 3.05) is 43.1 Å². The van der Waals surface area contributed by atoms with Crippen LogP contribution < -0.4 is 14.5 Å². The number of hydrogen-bond donors (Lipinski definition) is 0. The number of benzene rings is 1. The van der Waals surface area contributed by atoms with Crippen LogP contribution in [0.25, 0.3) is 0 Å². The van der Waals surface area contributed by atoms with Crippen molar-refractivity contribution >= 4 is 11.6 Å². The Hall–Kier alpha value is -2.81. The molecule has 3 rings (SSSR count). The summed E-state index contributed by atoms with van der Waals surface area (Å²) in [5, 5.41) is 8.93. The second kappa shape index (κ2) is 6.31. The molecule has 0 saturated carbocycles. The van der Waals surface area contributed by atoms with E-state index < -0.39 is 0 Å². The third-order valence-electron chi connectivity index (χ3n) is 3.75. The summed E-state index contributed by atoms with van der Waals surface area (Å²) in [7, 11) is 1.69. The van der Waals surface area contributed by atoms with Crippen molar-refractivity contribution in [1.82, 2.24) is 9.97 Å². The molecule has 112 valence electrons. The molecular weight excluding hydrogens is 278 g/mol. The lowest BCUT2D eigenvalue weighted by atomic mass is 10.2. The highest BCUT2D eigenvalue weighted by molar-refractivity contribution is 5.59. The predicted octanol–water partition coefficient (Wildman–Crippen LogP) is 1.68. The van der Waals surface area contributed by atoms with Gasteiger partial charge in [-0.3, -0.25) is 0 Å². The molecule has 0 unspecified atom stereocenters. The van der Waals surface area contributed by atoms with Crippen molar-refractivity contribution in [3.8, 4) is 11.8 Å². The number of nitrogens with zero attached hydrogens (tertiary/aromatic N) is 5. The fourth-order valence-electron chi connectivity index (χ4n) is 2.60. The Morgan fingerprint density at radius 3 is 2.55 bits per heavy atom. The zero-order valence-electron chi connectivity index (χ0n) is 12.4. The van der Waals surface area contributed by atoms with E-state index in [1.54, 1.807) is 19.4 Å². The lowest BCUT2D eigenvalue weighted by molar-refractivity contribution is 0.413. The van der Waals surface area contributed by atoms with Crippen LogP contribution in [-0.2, 0) is 0 Å². The first-order valence-corrected chi connectivity index (χ1v) is 7.18. The van der Waals surface area contributed by atoms with Gasteiger partial charge in [-0.15, -0.1) is 0 Å². The van der Waals surface area contributed by atoms with Crippen LogP contribution in [0.3, 0.4) is 0 Å². The van der Waals surface area contributed by atoms with Gasteiger partial charge in [0, 0.05) is 32.4 Å². The Kier molecular flexibility index (Phi) is 4.05. The number of para-hydroxylation sites is 2. The number of aromatic nitrogens is 2. The van der Waals surface area contributed by atoms with Crippen molar-refractivity contribution in [3.63, 3.8) is 0 Å². The molecule has 2 aromatic rings. The van der Waals surface area contributed by atoms with E-state index in [0.717, 1.165) is 37.6 Å². The second-order valence-electron chi connectivity index (χ2n) is 5.00. The summed E-state index contributed by atoms with van der Waals surface area (Å²) >= 11 is 0. The molecule has 1 aromatic carbocycles. The minimum Gasteiger partial charge on any atom is -0.495 e. The molecular formula is C16H17N5O. The molecule has 6 heteroatoms. The van der Waals surface area contributed by atoms with E-state index in [0.29, 0.717) is 11.6 Å². The van der Waals surface area contributed by atoms with Crippen molar-refractivity contribution in [3.05, 3.63) is 42.2 Å². The van der Waals surface area contributed by atoms with E-state index in [1.165, 1.54) is 0 Å². The van der Waals surface area contributed by atoms with Crippen molar-refractivity contribution in [2.24, 2.45) is 0 Å². The first kappa shape index (κ1) is 14.1. The summed E-state index contributed by atoms with van der Waals surface area (Å²) in [6, 6.07) is 11.7. The minimum absolute atomic E-state index is 0.400.